The summed E-state index contributed by atoms with van der Waals surface area (Å²) in [6, 6.07) is 5.19. The maximum Gasteiger partial charge on any atom is 0.251 e. The summed E-state index contributed by atoms with van der Waals surface area (Å²) in [6.07, 6.45) is 0.861. The molecule has 6 nitrogen and oxygen atoms in total. The molecule has 2 heterocycles. The van der Waals surface area contributed by atoms with Gasteiger partial charge < -0.3 is 10.1 Å². The van der Waals surface area contributed by atoms with Gasteiger partial charge in [-0.3, -0.25) is 4.79 Å². The first kappa shape index (κ1) is 10.2. The summed E-state index contributed by atoms with van der Waals surface area (Å²) in [4.78, 5) is 11.9. The van der Waals surface area contributed by atoms with E-state index in [1.807, 2.05) is 0 Å². The van der Waals surface area contributed by atoms with Crippen molar-refractivity contribution in [2.75, 3.05) is 13.2 Å². The average molecular weight is 233 g/mol. The Morgan fingerprint density at radius 3 is 3.06 bits per heavy atom. The third kappa shape index (κ3) is 1.99. The standard InChI is InChI=1S/C11H11N3O3/c15-11(12-8-3-4-16-6-8)7-1-2-9-10(5-7)14-17-13-9/h1-2,5,8H,3-4,6H2,(H,12,15)/t8-/m1/s1. The molecule has 0 unspecified atom stereocenters. The third-order valence-corrected chi connectivity index (χ3v) is 2.78. The first-order chi connectivity index (χ1) is 8.33. The maximum absolute atomic E-state index is 11.9. The number of benzene rings is 1. The summed E-state index contributed by atoms with van der Waals surface area (Å²) in [7, 11) is 0. The van der Waals surface area contributed by atoms with E-state index in [1.165, 1.54) is 0 Å². The Bertz CT molecular complexity index is 546. The van der Waals surface area contributed by atoms with E-state index < -0.39 is 0 Å². The number of amides is 1. The summed E-state index contributed by atoms with van der Waals surface area (Å²) in [5.74, 6) is -0.120. The summed E-state index contributed by atoms with van der Waals surface area (Å²) in [6.45, 7) is 1.29. The Kier molecular flexibility index (Phi) is 2.49. The minimum Gasteiger partial charge on any atom is -0.379 e. The molecule has 2 aromatic rings. The number of hydrogen-bond acceptors (Lipinski definition) is 5. The van der Waals surface area contributed by atoms with Crippen LogP contribution in [0.25, 0.3) is 11.0 Å². The Balaban J connectivity index is 1.79. The summed E-state index contributed by atoms with van der Waals surface area (Å²) in [5.41, 5.74) is 1.78. The summed E-state index contributed by atoms with van der Waals surface area (Å²) < 4.78 is 9.78. The van der Waals surface area contributed by atoms with Crippen LogP contribution in [0.15, 0.2) is 22.8 Å². The van der Waals surface area contributed by atoms with Gasteiger partial charge in [-0.1, -0.05) is 0 Å². The smallest absolute Gasteiger partial charge is 0.251 e. The van der Waals surface area contributed by atoms with Crippen LogP contribution in [-0.4, -0.2) is 35.5 Å². The molecule has 6 heteroatoms. The van der Waals surface area contributed by atoms with E-state index in [2.05, 4.69) is 20.3 Å². The van der Waals surface area contributed by atoms with E-state index in [4.69, 9.17) is 4.74 Å². The third-order valence-electron chi connectivity index (χ3n) is 2.78. The molecule has 0 aliphatic carbocycles. The van der Waals surface area contributed by atoms with Crippen LogP contribution in [0.4, 0.5) is 0 Å². The van der Waals surface area contributed by atoms with Gasteiger partial charge in [0.15, 0.2) is 0 Å². The zero-order valence-corrected chi connectivity index (χ0v) is 9.05. The normalized spacial score (nSPS) is 19.6. The molecular weight excluding hydrogens is 222 g/mol. The van der Waals surface area contributed by atoms with Crippen LogP contribution >= 0.6 is 0 Å². The van der Waals surface area contributed by atoms with Gasteiger partial charge in [0.1, 0.15) is 11.0 Å². The quantitative estimate of drug-likeness (QED) is 0.827. The van der Waals surface area contributed by atoms with Gasteiger partial charge in [0.25, 0.3) is 5.91 Å². The number of ether oxygens (including phenoxy) is 1. The van der Waals surface area contributed by atoms with Gasteiger partial charge >= 0.3 is 0 Å². The van der Waals surface area contributed by atoms with E-state index in [1.54, 1.807) is 18.2 Å². The Morgan fingerprint density at radius 1 is 1.35 bits per heavy atom. The number of carbonyl (C=O) groups is 1. The van der Waals surface area contributed by atoms with Crippen LogP contribution < -0.4 is 5.32 Å². The molecular formula is C11H11N3O3. The fourth-order valence-electron chi connectivity index (χ4n) is 1.84. The molecule has 1 fully saturated rings. The van der Waals surface area contributed by atoms with Crippen molar-refractivity contribution in [2.45, 2.75) is 12.5 Å². The number of fused-ring (bicyclic) bond motifs is 1. The number of carbonyl (C=O) groups excluding carboxylic acids is 1. The average Bonchev–Trinajstić information content (AvgIpc) is 2.97. The zero-order chi connectivity index (χ0) is 11.7. The van der Waals surface area contributed by atoms with Crippen molar-refractivity contribution in [1.29, 1.82) is 0 Å². The van der Waals surface area contributed by atoms with E-state index in [0.29, 0.717) is 29.8 Å². The highest BCUT2D eigenvalue weighted by atomic mass is 16.6. The lowest BCUT2D eigenvalue weighted by Gasteiger charge is -2.10. The molecule has 1 aliphatic heterocycles. The predicted octanol–water partition coefficient (Wildman–Crippen LogP) is 0.741. The van der Waals surface area contributed by atoms with Crippen molar-refractivity contribution >= 4 is 16.9 Å². The Morgan fingerprint density at radius 2 is 2.24 bits per heavy atom. The molecule has 1 atom stereocenters. The number of rotatable bonds is 2. The molecule has 1 aromatic heterocycles. The summed E-state index contributed by atoms with van der Waals surface area (Å²) in [5, 5.41) is 10.3. The van der Waals surface area contributed by atoms with E-state index in [0.717, 1.165) is 6.42 Å². The molecule has 0 saturated carbocycles. The van der Waals surface area contributed by atoms with Crippen LogP contribution in [0.1, 0.15) is 16.8 Å². The first-order valence-electron chi connectivity index (χ1n) is 5.44. The highest BCUT2D eigenvalue weighted by Gasteiger charge is 2.18. The fraction of sp³-hybridized carbons (Fsp3) is 0.364. The highest BCUT2D eigenvalue weighted by Crippen LogP contribution is 2.12. The lowest BCUT2D eigenvalue weighted by Crippen LogP contribution is -2.34. The topological polar surface area (TPSA) is 77.2 Å². The van der Waals surface area contributed by atoms with E-state index in [9.17, 15) is 4.79 Å². The molecule has 17 heavy (non-hydrogen) atoms. The number of nitrogens with one attached hydrogen (secondary N) is 1. The monoisotopic (exact) mass is 233 g/mol. The fourth-order valence-corrected chi connectivity index (χ4v) is 1.84. The van der Waals surface area contributed by atoms with Crippen LogP contribution in [-0.2, 0) is 4.74 Å². The second-order valence-electron chi connectivity index (χ2n) is 4.00. The van der Waals surface area contributed by atoms with Gasteiger partial charge in [-0.15, -0.1) is 0 Å². The summed E-state index contributed by atoms with van der Waals surface area (Å²) >= 11 is 0. The molecule has 88 valence electrons. The van der Waals surface area contributed by atoms with Crippen molar-refractivity contribution < 1.29 is 14.2 Å². The minimum absolute atomic E-state index is 0.105. The van der Waals surface area contributed by atoms with Crippen LogP contribution in [0.5, 0.6) is 0 Å². The Hall–Kier alpha value is -1.95. The largest absolute Gasteiger partial charge is 0.379 e. The number of aromatic nitrogens is 2. The van der Waals surface area contributed by atoms with Gasteiger partial charge in [-0.05, 0) is 34.9 Å². The van der Waals surface area contributed by atoms with Crippen LogP contribution in [0, 0.1) is 0 Å². The van der Waals surface area contributed by atoms with Gasteiger partial charge in [0, 0.05) is 12.2 Å². The molecule has 1 aliphatic rings. The molecule has 1 saturated heterocycles. The highest BCUT2D eigenvalue weighted by molar-refractivity contribution is 5.97. The zero-order valence-electron chi connectivity index (χ0n) is 9.05. The lowest BCUT2D eigenvalue weighted by atomic mass is 10.1. The van der Waals surface area contributed by atoms with Gasteiger partial charge in [0.2, 0.25) is 0 Å². The lowest BCUT2D eigenvalue weighted by molar-refractivity contribution is 0.0930. The molecule has 1 aromatic carbocycles. The number of hydrogen-bond donors (Lipinski definition) is 1. The molecule has 0 bridgehead atoms. The predicted molar refractivity (Wildman–Crippen MR) is 58.5 cm³/mol. The van der Waals surface area contributed by atoms with E-state index in [-0.39, 0.29) is 11.9 Å². The van der Waals surface area contributed by atoms with Crippen molar-refractivity contribution in [3.05, 3.63) is 23.8 Å². The molecule has 3 rings (SSSR count). The molecule has 1 amide bonds. The Labute approximate surface area is 96.9 Å². The molecule has 0 spiro atoms. The van der Waals surface area contributed by atoms with E-state index >= 15 is 0 Å². The van der Waals surface area contributed by atoms with Gasteiger partial charge in [0.05, 0.1) is 12.6 Å². The second-order valence-corrected chi connectivity index (χ2v) is 4.00. The SMILES string of the molecule is O=C(N[C@@H]1CCOC1)c1ccc2nonc2c1. The first-order valence-corrected chi connectivity index (χ1v) is 5.44. The molecule has 0 radical (unpaired) electrons. The van der Waals surface area contributed by atoms with Crippen molar-refractivity contribution in [1.82, 2.24) is 15.6 Å². The van der Waals surface area contributed by atoms with Gasteiger partial charge in [-0.2, -0.15) is 0 Å². The molecule has 1 N–H and O–H groups in total. The van der Waals surface area contributed by atoms with Crippen LogP contribution in [0.3, 0.4) is 0 Å². The minimum atomic E-state index is -0.120. The van der Waals surface area contributed by atoms with Crippen molar-refractivity contribution in [2.24, 2.45) is 0 Å². The van der Waals surface area contributed by atoms with Crippen molar-refractivity contribution in [3.8, 4) is 0 Å². The second kappa shape index (κ2) is 4.14. The van der Waals surface area contributed by atoms with Crippen molar-refractivity contribution in [3.63, 3.8) is 0 Å². The number of nitrogens with zero attached hydrogens (tertiary/aromatic N) is 2. The maximum atomic E-state index is 11.9. The van der Waals surface area contributed by atoms with Crippen LogP contribution in [0.2, 0.25) is 0 Å². The van der Waals surface area contributed by atoms with Gasteiger partial charge in [-0.25, -0.2) is 4.63 Å².